The molecule has 0 saturated carbocycles. The van der Waals surface area contributed by atoms with Crippen molar-refractivity contribution in [1.82, 2.24) is 14.9 Å². The normalized spacial score (nSPS) is 14.8. The Morgan fingerprint density at radius 3 is 2.34 bits per heavy atom. The molecule has 11 heteroatoms. The Morgan fingerprint density at radius 1 is 1.14 bits per heavy atom. The molecule has 2 aromatic carbocycles. The van der Waals surface area contributed by atoms with Crippen molar-refractivity contribution in [1.29, 1.82) is 0 Å². The average Bonchev–Trinajstić information content (AvgIpc) is 2.83. The van der Waals surface area contributed by atoms with Gasteiger partial charge in [0.15, 0.2) is 11.5 Å². The van der Waals surface area contributed by atoms with Crippen molar-refractivity contribution in [3.63, 3.8) is 0 Å². The molecular formula is C24H27F3N4O4. The van der Waals surface area contributed by atoms with Crippen molar-refractivity contribution < 1.29 is 32.5 Å². The fraction of sp³-hybridized carbons (Fsp3) is 0.375. The number of carboxylic acid groups (broad SMARTS) is 1. The van der Waals surface area contributed by atoms with E-state index in [0.29, 0.717) is 18.3 Å². The van der Waals surface area contributed by atoms with E-state index in [9.17, 15) is 13.2 Å². The fourth-order valence-electron chi connectivity index (χ4n) is 3.64. The number of benzene rings is 2. The Labute approximate surface area is 200 Å². The molecule has 1 aliphatic heterocycles. The topological polar surface area (TPSA) is 111 Å². The van der Waals surface area contributed by atoms with Crippen LogP contribution in [0.25, 0.3) is 22.2 Å². The summed E-state index contributed by atoms with van der Waals surface area (Å²) in [7, 11) is 3.83. The van der Waals surface area contributed by atoms with Gasteiger partial charge in [-0.1, -0.05) is 12.1 Å². The lowest BCUT2D eigenvalue weighted by molar-refractivity contribution is -0.192. The number of hydrogen-bond donors (Lipinski definition) is 2. The number of carbonyl (C=O) groups is 1. The van der Waals surface area contributed by atoms with Gasteiger partial charge in [0.05, 0.1) is 24.9 Å². The maximum absolute atomic E-state index is 10.6. The molecule has 2 heterocycles. The number of anilines is 1. The summed E-state index contributed by atoms with van der Waals surface area (Å²) in [5.74, 6) is -0.748. The fourth-order valence-corrected chi connectivity index (χ4v) is 3.64. The van der Waals surface area contributed by atoms with Crippen molar-refractivity contribution in [2.45, 2.75) is 19.0 Å². The molecule has 0 aliphatic carbocycles. The molecule has 1 fully saturated rings. The number of nitrogen functional groups attached to an aromatic ring is 1. The molecule has 0 radical (unpaired) electrons. The second-order valence-electron chi connectivity index (χ2n) is 8.23. The molecule has 0 amide bonds. The molecule has 1 aromatic heterocycles. The van der Waals surface area contributed by atoms with E-state index in [1.54, 1.807) is 13.4 Å². The van der Waals surface area contributed by atoms with Gasteiger partial charge in [-0.3, -0.25) is 0 Å². The number of aliphatic carboxylic acids is 1. The van der Waals surface area contributed by atoms with Gasteiger partial charge in [0.2, 0.25) is 0 Å². The summed E-state index contributed by atoms with van der Waals surface area (Å²) in [6.45, 7) is 2.95. The number of nitrogens with two attached hydrogens (primary N) is 1. The predicted octanol–water partition coefficient (Wildman–Crippen LogP) is 4.24. The van der Waals surface area contributed by atoms with Crippen LogP contribution in [0.4, 0.5) is 18.9 Å². The largest absolute Gasteiger partial charge is 0.493 e. The van der Waals surface area contributed by atoms with Crippen molar-refractivity contribution in [2.24, 2.45) is 5.92 Å². The van der Waals surface area contributed by atoms with Gasteiger partial charge in [0.1, 0.15) is 6.33 Å². The summed E-state index contributed by atoms with van der Waals surface area (Å²) < 4.78 is 43.5. The second kappa shape index (κ2) is 11.2. The second-order valence-corrected chi connectivity index (χ2v) is 8.23. The van der Waals surface area contributed by atoms with Crippen molar-refractivity contribution in [2.75, 3.05) is 39.6 Å². The standard InChI is InChI=1S/C22H26N4O2.C2HF3O2/c1-26-9-7-15(8-10-26)13-28-21-12-19-18(11-20(21)27-2)22(25-14-24-19)16-3-5-17(23)6-4-16;3-2(4,5)1(6)7/h3-6,11-12,14-15H,7-10,13,23H2,1-2H3;(H,6,7). The molecule has 3 aromatic rings. The summed E-state index contributed by atoms with van der Waals surface area (Å²) >= 11 is 0. The minimum atomic E-state index is -5.08. The first-order valence-electron chi connectivity index (χ1n) is 10.9. The van der Waals surface area contributed by atoms with Gasteiger partial charge in [-0.2, -0.15) is 13.2 Å². The van der Waals surface area contributed by atoms with E-state index in [4.69, 9.17) is 25.1 Å². The van der Waals surface area contributed by atoms with E-state index < -0.39 is 12.1 Å². The van der Waals surface area contributed by atoms with Crippen LogP contribution in [-0.2, 0) is 4.79 Å². The molecule has 188 valence electrons. The molecule has 8 nitrogen and oxygen atoms in total. The molecule has 0 spiro atoms. The molecule has 3 N–H and O–H groups in total. The molecule has 0 atom stereocenters. The number of nitrogens with zero attached hydrogens (tertiary/aromatic N) is 3. The molecular weight excluding hydrogens is 465 g/mol. The maximum atomic E-state index is 10.6. The van der Waals surface area contributed by atoms with Crippen molar-refractivity contribution in [3.05, 3.63) is 42.7 Å². The number of methoxy groups -OCH3 is 1. The van der Waals surface area contributed by atoms with Crippen LogP contribution in [0.3, 0.4) is 0 Å². The number of likely N-dealkylation sites (tertiary alicyclic amines) is 1. The minimum Gasteiger partial charge on any atom is -0.493 e. The third-order valence-corrected chi connectivity index (χ3v) is 5.66. The Morgan fingerprint density at radius 2 is 1.77 bits per heavy atom. The number of hydrogen-bond acceptors (Lipinski definition) is 7. The predicted molar refractivity (Wildman–Crippen MR) is 125 cm³/mol. The van der Waals surface area contributed by atoms with Gasteiger partial charge in [-0.15, -0.1) is 0 Å². The van der Waals surface area contributed by atoms with Crippen LogP contribution in [0.1, 0.15) is 12.8 Å². The van der Waals surface area contributed by atoms with E-state index in [1.165, 1.54) is 0 Å². The summed E-state index contributed by atoms with van der Waals surface area (Å²) in [4.78, 5) is 20.2. The average molecular weight is 492 g/mol. The van der Waals surface area contributed by atoms with E-state index in [-0.39, 0.29) is 0 Å². The molecule has 1 saturated heterocycles. The lowest BCUT2D eigenvalue weighted by atomic mass is 9.98. The molecule has 0 unspecified atom stereocenters. The van der Waals surface area contributed by atoms with Crippen LogP contribution in [0, 0.1) is 5.92 Å². The van der Waals surface area contributed by atoms with Crippen LogP contribution in [0.2, 0.25) is 0 Å². The highest BCUT2D eigenvalue weighted by atomic mass is 19.4. The molecule has 1 aliphatic rings. The first kappa shape index (κ1) is 26.0. The number of halogens is 3. The summed E-state index contributed by atoms with van der Waals surface area (Å²) in [5.41, 5.74) is 9.22. The van der Waals surface area contributed by atoms with Gasteiger partial charge >= 0.3 is 12.1 Å². The van der Waals surface area contributed by atoms with Gasteiger partial charge in [-0.25, -0.2) is 14.8 Å². The quantitative estimate of drug-likeness (QED) is 0.509. The van der Waals surface area contributed by atoms with E-state index in [2.05, 4.69) is 21.9 Å². The first-order valence-corrected chi connectivity index (χ1v) is 10.9. The highest BCUT2D eigenvalue weighted by molar-refractivity contribution is 5.94. The number of piperidine rings is 1. The zero-order valence-electron chi connectivity index (χ0n) is 19.4. The Kier molecular flexibility index (Phi) is 8.34. The zero-order valence-corrected chi connectivity index (χ0v) is 19.4. The third kappa shape index (κ3) is 6.95. The highest BCUT2D eigenvalue weighted by Crippen LogP contribution is 2.36. The lowest BCUT2D eigenvalue weighted by Gasteiger charge is -2.28. The number of ether oxygens (including phenoxy) is 2. The van der Waals surface area contributed by atoms with Crippen molar-refractivity contribution in [3.8, 4) is 22.8 Å². The van der Waals surface area contributed by atoms with Gasteiger partial charge in [-0.05, 0) is 57.1 Å². The Hall–Kier alpha value is -3.60. The van der Waals surface area contributed by atoms with Crippen LogP contribution >= 0.6 is 0 Å². The SMILES string of the molecule is COc1cc2c(-c3ccc(N)cc3)ncnc2cc1OCC1CCN(C)CC1.O=C(O)C(F)(F)F. The maximum Gasteiger partial charge on any atom is 0.490 e. The van der Waals surface area contributed by atoms with Crippen LogP contribution in [0.15, 0.2) is 42.7 Å². The third-order valence-electron chi connectivity index (χ3n) is 5.66. The molecule has 4 rings (SSSR count). The number of carboxylic acids is 1. The van der Waals surface area contributed by atoms with Crippen LogP contribution in [0.5, 0.6) is 11.5 Å². The monoisotopic (exact) mass is 492 g/mol. The summed E-state index contributed by atoms with van der Waals surface area (Å²) in [5, 5.41) is 8.05. The van der Waals surface area contributed by atoms with Crippen LogP contribution in [-0.4, -0.2) is 66.0 Å². The molecule has 35 heavy (non-hydrogen) atoms. The van der Waals surface area contributed by atoms with E-state index >= 15 is 0 Å². The van der Waals surface area contributed by atoms with E-state index in [0.717, 1.165) is 59.5 Å². The van der Waals surface area contributed by atoms with Gasteiger partial charge < -0.3 is 25.2 Å². The zero-order chi connectivity index (χ0) is 25.6. The number of fused-ring (bicyclic) bond motifs is 1. The number of alkyl halides is 3. The Bertz CT molecular complexity index is 1150. The number of rotatable bonds is 5. The lowest BCUT2D eigenvalue weighted by Crippen LogP contribution is -2.32. The van der Waals surface area contributed by atoms with Crippen LogP contribution < -0.4 is 15.2 Å². The Balaban J connectivity index is 0.000000429. The minimum absolute atomic E-state index is 0.576. The van der Waals surface area contributed by atoms with Gasteiger partial charge in [0, 0.05) is 22.7 Å². The van der Waals surface area contributed by atoms with E-state index in [1.807, 2.05) is 36.4 Å². The summed E-state index contributed by atoms with van der Waals surface area (Å²) in [6, 6.07) is 11.6. The number of aromatic nitrogens is 2. The molecule has 0 bridgehead atoms. The first-order chi connectivity index (χ1) is 16.6. The van der Waals surface area contributed by atoms with Gasteiger partial charge in [0.25, 0.3) is 0 Å². The summed E-state index contributed by atoms with van der Waals surface area (Å²) in [6.07, 6.45) is -1.17. The highest BCUT2D eigenvalue weighted by Gasteiger charge is 2.38. The smallest absolute Gasteiger partial charge is 0.490 e. The van der Waals surface area contributed by atoms with Crippen molar-refractivity contribution >= 4 is 22.6 Å².